The third-order valence-electron chi connectivity index (χ3n) is 1.44. The fourth-order valence-electron chi connectivity index (χ4n) is 0.953. The molecule has 0 aromatic carbocycles. The van der Waals surface area contributed by atoms with Gasteiger partial charge in [0.05, 0.1) is 0 Å². The van der Waals surface area contributed by atoms with Crippen molar-refractivity contribution < 1.29 is 0 Å². The number of nitrogens with zero attached hydrogens (tertiary/aromatic N) is 1. The molecule has 0 aliphatic rings. The molecule has 0 bridgehead atoms. The molecular formula is C9H14NS. The van der Waals surface area contributed by atoms with Crippen LogP contribution >= 0.6 is 11.3 Å². The first-order valence-corrected chi connectivity index (χ1v) is 4.55. The van der Waals surface area contributed by atoms with E-state index in [0.29, 0.717) is 0 Å². The van der Waals surface area contributed by atoms with Crippen LogP contribution < -0.4 is 0 Å². The summed E-state index contributed by atoms with van der Waals surface area (Å²) < 4.78 is 0. The lowest BCUT2D eigenvalue weighted by Gasteiger charge is -2.05. The zero-order chi connectivity index (χ0) is 8.27. The predicted molar refractivity (Wildman–Crippen MR) is 50.8 cm³/mol. The third kappa shape index (κ3) is 2.64. The smallest absolute Gasteiger partial charge is 0.0321 e. The summed E-state index contributed by atoms with van der Waals surface area (Å²) in [6.45, 7) is 4.89. The van der Waals surface area contributed by atoms with E-state index in [1.165, 1.54) is 9.75 Å². The highest BCUT2D eigenvalue weighted by molar-refractivity contribution is 7.11. The van der Waals surface area contributed by atoms with E-state index in [9.17, 15) is 0 Å². The van der Waals surface area contributed by atoms with Crippen molar-refractivity contribution in [2.75, 3.05) is 14.1 Å². The summed E-state index contributed by atoms with van der Waals surface area (Å²) in [5, 5.41) is 0. The van der Waals surface area contributed by atoms with E-state index >= 15 is 0 Å². The molecule has 0 aliphatic carbocycles. The molecule has 0 amide bonds. The van der Waals surface area contributed by atoms with Gasteiger partial charge in [0.2, 0.25) is 0 Å². The Kier molecular flexibility index (Phi) is 3.09. The largest absolute Gasteiger partial charge is 0.304 e. The number of hydrogen-bond donors (Lipinski definition) is 0. The summed E-state index contributed by atoms with van der Waals surface area (Å²) in [6.07, 6.45) is 0.915. The fraction of sp³-hybridized carbons (Fsp3) is 0.444. The first-order chi connectivity index (χ1) is 5.22. The molecule has 1 aromatic rings. The molecule has 0 aliphatic heterocycles. The first kappa shape index (κ1) is 8.75. The Morgan fingerprint density at radius 2 is 2.00 bits per heavy atom. The highest BCUT2D eigenvalue weighted by atomic mass is 32.1. The Hall–Kier alpha value is -0.340. The van der Waals surface area contributed by atoms with Crippen LogP contribution in [0.5, 0.6) is 0 Å². The van der Waals surface area contributed by atoms with Crippen molar-refractivity contribution >= 4 is 11.3 Å². The molecule has 0 fully saturated rings. The van der Waals surface area contributed by atoms with Gasteiger partial charge in [0.25, 0.3) is 0 Å². The summed E-state index contributed by atoms with van der Waals surface area (Å²) in [7, 11) is 4.17. The maximum atomic E-state index is 3.85. The predicted octanol–water partition coefficient (Wildman–Crippen LogP) is 2.19. The summed E-state index contributed by atoms with van der Waals surface area (Å²) >= 11 is 1.86. The lowest BCUT2D eigenvalue weighted by molar-refractivity contribution is 0.406. The monoisotopic (exact) mass is 168 g/mol. The van der Waals surface area contributed by atoms with Gasteiger partial charge in [-0.05, 0) is 39.6 Å². The molecule has 1 rings (SSSR count). The van der Waals surface area contributed by atoms with Crippen LogP contribution in [0.1, 0.15) is 9.75 Å². The quantitative estimate of drug-likeness (QED) is 0.668. The van der Waals surface area contributed by atoms with Crippen LogP contribution in [0.2, 0.25) is 0 Å². The van der Waals surface area contributed by atoms with Crippen molar-refractivity contribution in [1.29, 1.82) is 0 Å². The van der Waals surface area contributed by atoms with E-state index < -0.39 is 0 Å². The van der Waals surface area contributed by atoms with E-state index in [1.54, 1.807) is 0 Å². The molecule has 0 saturated carbocycles. The zero-order valence-electron chi connectivity index (χ0n) is 7.13. The molecule has 0 unspecified atom stereocenters. The molecule has 11 heavy (non-hydrogen) atoms. The van der Waals surface area contributed by atoms with Crippen molar-refractivity contribution in [2.45, 2.75) is 13.0 Å². The standard InChI is InChI=1S/C9H14NS/c1-4-8-5-6-9(11-8)7-10(2)3/h5-6H,1,4,7H2,2-3H3. The second-order valence-electron chi connectivity index (χ2n) is 2.86. The molecule has 1 aromatic heterocycles. The summed E-state index contributed by atoms with van der Waals surface area (Å²) in [6, 6.07) is 4.35. The Labute approximate surface area is 72.7 Å². The summed E-state index contributed by atoms with van der Waals surface area (Å²) in [5.41, 5.74) is 0. The van der Waals surface area contributed by atoms with Crippen LogP contribution in [-0.4, -0.2) is 19.0 Å². The van der Waals surface area contributed by atoms with E-state index in [4.69, 9.17) is 0 Å². The van der Waals surface area contributed by atoms with Crippen LogP contribution in [0, 0.1) is 6.92 Å². The van der Waals surface area contributed by atoms with Crippen molar-refractivity contribution in [3.8, 4) is 0 Å². The molecule has 2 heteroatoms. The third-order valence-corrected chi connectivity index (χ3v) is 2.57. The SMILES string of the molecule is [CH2]Cc1ccc(CN(C)C)s1. The molecule has 1 nitrogen and oxygen atoms in total. The highest BCUT2D eigenvalue weighted by Crippen LogP contribution is 2.17. The van der Waals surface area contributed by atoms with Crippen molar-refractivity contribution in [3.05, 3.63) is 28.8 Å². The normalized spacial score (nSPS) is 10.9. The summed E-state index contributed by atoms with van der Waals surface area (Å²) in [5.74, 6) is 0. The van der Waals surface area contributed by atoms with Gasteiger partial charge in [0.1, 0.15) is 0 Å². The number of thiophene rings is 1. The molecule has 0 N–H and O–H groups in total. The maximum absolute atomic E-state index is 3.85. The minimum absolute atomic E-state index is 0.915. The van der Waals surface area contributed by atoms with E-state index in [2.05, 4.69) is 38.1 Å². The Morgan fingerprint density at radius 3 is 2.45 bits per heavy atom. The average molecular weight is 168 g/mol. The average Bonchev–Trinajstić information content (AvgIpc) is 2.34. The molecule has 1 radical (unpaired) electrons. The van der Waals surface area contributed by atoms with Gasteiger partial charge >= 0.3 is 0 Å². The van der Waals surface area contributed by atoms with Gasteiger partial charge in [0.15, 0.2) is 0 Å². The van der Waals surface area contributed by atoms with Crippen LogP contribution in [0.4, 0.5) is 0 Å². The number of rotatable bonds is 3. The van der Waals surface area contributed by atoms with Crippen molar-refractivity contribution in [2.24, 2.45) is 0 Å². The molecule has 1 heterocycles. The van der Waals surface area contributed by atoms with E-state index in [-0.39, 0.29) is 0 Å². The van der Waals surface area contributed by atoms with Gasteiger partial charge in [-0.3, -0.25) is 0 Å². The Bertz CT molecular complexity index is 215. The minimum atomic E-state index is 0.915. The second kappa shape index (κ2) is 3.88. The lowest BCUT2D eigenvalue weighted by atomic mass is 10.3. The zero-order valence-corrected chi connectivity index (χ0v) is 7.95. The maximum Gasteiger partial charge on any atom is 0.0321 e. The molecular weight excluding hydrogens is 154 g/mol. The summed E-state index contributed by atoms with van der Waals surface area (Å²) in [4.78, 5) is 4.98. The van der Waals surface area contributed by atoms with Crippen LogP contribution in [0.15, 0.2) is 12.1 Å². The van der Waals surface area contributed by atoms with E-state index in [1.807, 2.05) is 11.3 Å². The number of hydrogen-bond acceptors (Lipinski definition) is 2. The molecule has 0 atom stereocenters. The van der Waals surface area contributed by atoms with Crippen LogP contribution in [0.3, 0.4) is 0 Å². The minimum Gasteiger partial charge on any atom is -0.304 e. The lowest BCUT2D eigenvalue weighted by Crippen LogP contribution is -2.09. The van der Waals surface area contributed by atoms with Crippen LogP contribution in [0.25, 0.3) is 0 Å². The van der Waals surface area contributed by atoms with Gasteiger partial charge in [-0.15, -0.1) is 11.3 Å². The van der Waals surface area contributed by atoms with Crippen LogP contribution in [-0.2, 0) is 13.0 Å². The van der Waals surface area contributed by atoms with Gasteiger partial charge in [-0.1, -0.05) is 0 Å². The molecule has 0 spiro atoms. The van der Waals surface area contributed by atoms with Gasteiger partial charge in [-0.2, -0.15) is 0 Å². The highest BCUT2D eigenvalue weighted by Gasteiger charge is 1.98. The fourth-order valence-corrected chi connectivity index (χ4v) is 1.99. The van der Waals surface area contributed by atoms with Gasteiger partial charge in [0, 0.05) is 16.3 Å². The topological polar surface area (TPSA) is 3.24 Å². The van der Waals surface area contributed by atoms with Gasteiger partial charge < -0.3 is 4.90 Å². The Morgan fingerprint density at radius 1 is 1.36 bits per heavy atom. The molecule has 0 saturated heterocycles. The Balaban J connectivity index is 2.58. The van der Waals surface area contributed by atoms with Crippen molar-refractivity contribution in [3.63, 3.8) is 0 Å². The van der Waals surface area contributed by atoms with Gasteiger partial charge in [-0.25, -0.2) is 0 Å². The second-order valence-corrected chi connectivity index (χ2v) is 4.11. The van der Waals surface area contributed by atoms with E-state index in [0.717, 1.165) is 13.0 Å². The first-order valence-electron chi connectivity index (χ1n) is 3.74. The molecule has 61 valence electrons. The van der Waals surface area contributed by atoms with Crippen molar-refractivity contribution in [1.82, 2.24) is 4.90 Å².